The largest absolute Gasteiger partial charge is 0.486 e. The van der Waals surface area contributed by atoms with Crippen LogP contribution in [0.5, 0.6) is 5.75 Å². The molecule has 0 atom stereocenters. The number of amides is 1. The number of nitrogens with one attached hydrogen (secondary N) is 1. The number of ether oxygens (including phenoxy) is 1. The molecule has 0 fully saturated rings. The second-order valence-electron chi connectivity index (χ2n) is 7.17. The maximum atomic E-state index is 12.8. The number of anilines is 1. The van der Waals surface area contributed by atoms with Gasteiger partial charge in [0.1, 0.15) is 22.2 Å². The average Bonchev–Trinajstić information content (AvgIpc) is 3.39. The van der Waals surface area contributed by atoms with E-state index < -0.39 is 0 Å². The van der Waals surface area contributed by atoms with E-state index >= 15 is 0 Å². The van der Waals surface area contributed by atoms with Crippen LogP contribution < -0.4 is 10.1 Å². The van der Waals surface area contributed by atoms with Crippen LogP contribution in [0.25, 0.3) is 11.3 Å². The minimum Gasteiger partial charge on any atom is -0.486 e. The Hall–Kier alpha value is -3.03. The zero-order valence-electron chi connectivity index (χ0n) is 17.6. The van der Waals surface area contributed by atoms with E-state index in [4.69, 9.17) is 4.74 Å². The molecule has 2 aromatic heterocycles. The van der Waals surface area contributed by atoms with Crippen LogP contribution in [-0.2, 0) is 13.0 Å². The number of aryl methyl sites for hydroxylation is 3. The van der Waals surface area contributed by atoms with Crippen molar-refractivity contribution < 1.29 is 9.53 Å². The number of carbonyl (C=O) groups is 1. The first-order chi connectivity index (χ1) is 15.0. The predicted octanol–water partition coefficient (Wildman–Crippen LogP) is 6.28. The van der Waals surface area contributed by atoms with E-state index in [-0.39, 0.29) is 5.91 Å². The number of thiazole rings is 2. The summed E-state index contributed by atoms with van der Waals surface area (Å²) in [5.74, 6) is 0.598. The molecule has 2 heterocycles. The van der Waals surface area contributed by atoms with E-state index in [0.29, 0.717) is 22.3 Å². The number of hydrogen-bond donors (Lipinski definition) is 1. The lowest BCUT2D eigenvalue weighted by Gasteiger charge is -2.04. The third-order valence-corrected chi connectivity index (χ3v) is 6.70. The standard InChI is InChI=1S/C24H23N3O2S2/c1-4-17-7-11-19(12-8-17)29-13-21-25-16(3)22(31-21)23(28)27-24-26-20(14-30-24)18-9-5-15(2)6-10-18/h5-12,14H,4,13H2,1-3H3,(H,26,27,28). The monoisotopic (exact) mass is 449 g/mol. The normalized spacial score (nSPS) is 10.8. The van der Waals surface area contributed by atoms with Crippen molar-refractivity contribution in [2.45, 2.75) is 33.8 Å². The molecule has 7 heteroatoms. The summed E-state index contributed by atoms with van der Waals surface area (Å²) in [6.45, 7) is 6.34. The number of benzene rings is 2. The first kappa shape index (κ1) is 21.2. The van der Waals surface area contributed by atoms with E-state index in [9.17, 15) is 4.79 Å². The lowest BCUT2D eigenvalue weighted by atomic mass is 10.1. The molecular formula is C24H23N3O2S2. The summed E-state index contributed by atoms with van der Waals surface area (Å²) < 4.78 is 5.82. The Morgan fingerprint density at radius 2 is 1.77 bits per heavy atom. The number of hydrogen-bond acceptors (Lipinski definition) is 6. The van der Waals surface area contributed by atoms with Crippen molar-refractivity contribution in [2.24, 2.45) is 0 Å². The molecular weight excluding hydrogens is 426 g/mol. The SMILES string of the molecule is CCc1ccc(OCc2nc(C)c(C(=O)Nc3nc(-c4ccc(C)cc4)cs3)s2)cc1. The first-order valence-corrected chi connectivity index (χ1v) is 11.7. The van der Waals surface area contributed by atoms with Gasteiger partial charge in [-0.05, 0) is 38.0 Å². The van der Waals surface area contributed by atoms with Crippen molar-refractivity contribution >= 4 is 33.7 Å². The van der Waals surface area contributed by atoms with Crippen molar-refractivity contribution in [2.75, 3.05) is 5.32 Å². The third-order valence-electron chi connectivity index (χ3n) is 4.81. The van der Waals surface area contributed by atoms with Crippen molar-refractivity contribution in [3.63, 3.8) is 0 Å². The molecule has 0 radical (unpaired) electrons. The highest BCUT2D eigenvalue weighted by atomic mass is 32.1. The molecule has 31 heavy (non-hydrogen) atoms. The summed E-state index contributed by atoms with van der Waals surface area (Å²) in [4.78, 5) is 22.4. The zero-order valence-corrected chi connectivity index (χ0v) is 19.3. The molecule has 0 aliphatic carbocycles. The Morgan fingerprint density at radius 3 is 2.48 bits per heavy atom. The molecule has 158 valence electrons. The zero-order chi connectivity index (χ0) is 21.8. The molecule has 4 rings (SSSR count). The molecule has 0 unspecified atom stereocenters. The van der Waals surface area contributed by atoms with Gasteiger partial charge in [-0.1, -0.05) is 48.9 Å². The van der Waals surface area contributed by atoms with Crippen molar-refractivity contribution in [1.82, 2.24) is 9.97 Å². The first-order valence-electron chi connectivity index (χ1n) is 10.0. The summed E-state index contributed by atoms with van der Waals surface area (Å²) in [6.07, 6.45) is 0.996. The molecule has 0 spiro atoms. The van der Waals surface area contributed by atoms with Gasteiger partial charge in [0, 0.05) is 10.9 Å². The van der Waals surface area contributed by atoms with E-state index in [1.54, 1.807) is 0 Å². The quantitative estimate of drug-likeness (QED) is 0.361. The molecule has 1 amide bonds. The molecule has 1 N–H and O–H groups in total. The molecule has 2 aromatic carbocycles. The molecule has 0 saturated carbocycles. The van der Waals surface area contributed by atoms with Crippen molar-refractivity contribution in [3.05, 3.63) is 80.6 Å². The minimum atomic E-state index is -0.196. The van der Waals surface area contributed by atoms with E-state index in [2.05, 4.69) is 53.4 Å². The van der Waals surface area contributed by atoms with E-state index in [0.717, 1.165) is 28.4 Å². The third kappa shape index (κ3) is 5.18. The van der Waals surface area contributed by atoms with Gasteiger partial charge in [-0.15, -0.1) is 22.7 Å². The molecule has 0 bridgehead atoms. The molecule has 4 aromatic rings. The minimum absolute atomic E-state index is 0.196. The maximum Gasteiger partial charge on any atom is 0.269 e. The van der Waals surface area contributed by atoms with Gasteiger partial charge in [0.15, 0.2) is 5.13 Å². The fourth-order valence-corrected chi connectivity index (χ4v) is 4.62. The number of carbonyl (C=O) groups excluding carboxylic acids is 1. The molecule has 0 aliphatic rings. The van der Waals surface area contributed by atoms with Crippen LogP contribution >= 0.6 is 22.7 Å². The van der Waals surface area contributed by atoms with Crippen LogP contribution in [0.4, 0.5) is 5.13 Å². The van der Waals surface area contributed by atoms with Gasteiger partial charge in [0.25, 0.3) is 5.91 Å². The topological polar surface area (TPSA) is 64.1 Å². The van der Waals surface area contributed by atoms with Crippen LogP contribution in [0.1, 0.15) is 38.4 Å². The van der Waals surface area contributed by atoms with Crippen LogP contribution in [-0.4, -0.2) is 15.9 Å². The van der Waals surface area contributed by atoms with Gasteiger partial charge in [-0.3, -0.25) is 10.1 Å². The Kier molecular flexibility index (Phi) is 6.44. The van der Waals surface area contributed by atoms with Gasteiger partial charge in [-0.2, -0.15) is 0 Å². The predicted molar refractivity (Wildman–Crippen MR) is 127 cm³/mol. The Bertz CT molecular complexity index is 1180. The highest BCUT2D eigenvalue weighted by molar-refractivity contribution is 7.15. The van der Waals surface area contributed by atoms with Gasteiger partial charge in [0.05, 0.1) is 11.4 Å². The van der Waals surface area contributed by atoms with Crippen molar-refractivity contribution in [3.8, 4) is 17.0 Å². The molecule has 0 aliphatic heterocycles. The van der Waals surface area contributed by atoms with Crippen molar-refractivity contribution in [1.29, 1.82) is 0 Å². The Labute approximate surface area is 189 Å². The summed E-state index contributed by atoms with van der Waals surface area (Å²) in [6, 6.07) is 16.2. The number of aromatic nitrogens is 2. The molecule has 0 saturated heterocycles. The second-order valence-corrected chi connectivity index (χ2v) is 9.11. The van der Waals surface area contributed by atoms with E-state index in [1.807, 2.05) is 36.6 Å². The van der Waals surface area contributed by atoms with Gasteiger partial charge in [-0.25, -0.2) is 9.97 Å². The summed E-state index contributed by atoms with van der Waals surface area (Å²) in [7, 11) is 0. The van der Waals surface area contributed by atoms with Crippen LogP contribution in [0.3, 0.4) is 0 Å². The lowest BCUT2D eigenvalue weighted by Crippen LogP contribution is -2.11. The van der Waals surface area contributed by atoms with Crippen LogP contribution in [0, 0.1) is 13.8 Å². The lowest BCUT2D eigenvalue weighted by molar-refractivity contribution is 0.103. The van der Waals surface area contributed by atoms with Crippen LogP contribution in [0.2, 0.25) is 0 Å². The van der Waals surface area contributed by atoms with Gasteiger partial charge in [0.2, 0.25) is 0 Å². The second kappa shape index (κ2) is 9.41. The Morgan fingerprint density at radius 1 is 1.03 bits per heavy atom. The fourth-order valence-electron chi connectivity index (χ4n) is 3.03. The number of nitrogens with zero attached hydrogens (tertiary/aromatic N) is 2. The van der Waals surface area contributed by atoms with E-state index in [1.165, 1.54) is 33.8 Å². The average molecular weight is 450 g/mol. The summed E-state index contributed by atoms with van der Waals surface area (Å²) in [5, 5.41) is 6.18. The number of rotatable bonds is 7. The maximum absolute atomic E-state index is 12.8. The molecule has 5 nitrogen and oxygen atoms in total. The summed E-state index contributed by atoms with van der Waals surface area (Å²) >= 11 is 2.76. The fraction of sp³-hybridized carbons (Fsp3) is 0.208. The van der Waals surface area contributed by atoms with Gasteiger partial charge < -0.3 is 4.74 Å². The summed E-state index contributed by atoms with van der Waals surface area (Å²) in [5.41, 5.74) is 5.04. The van der Waals surface area contributed by atoms with Gasteiger partial charge >= 0.3 is 0 Å². The smallest absolute Gasteiger partial charge is 0.269 e. The van der Waals surface area contributed by atoms with Crippen LogP contribution in [0.15, 0.2) is 53.9 Å². The highest BCUT2D eigenvalue weighted by Crippen LogP contribution is 2.27. The Balaban J connectivity index is 1.40. The highest BCUT2D eigenvalue weighted by Gasteiger charge is 2.17.